The predicted octanol–water partition coefficient (Wildman–Crippen LogP) is 3.83. The zero-order valence-electron chi connectivity index (χ0n) is 19.6. The molecule has 0 bridgehead atoms. The van der Waals surface area contributed by atoms with E-state index in [0.29, 0.717) is 13.0 Å². The second kappa shape index (κ2) is 9.85. The van der Waals surface area contributed by atoms with E-state index in [0.717, 1.165) is 49.4 Å². The summed E-state index contributed by atoms with van der Waals surface area (Å²) in [5, 5.41) is 5.86. The van der Waals surface area contributed by atoms with Crippen molar-refractivity contribution in [3.8, 4) is 22.7 Å². The van der Waals surface area contributed by atoms with Crippen molar-refractivity contribution < 1.29 is 14.3 Å². The Morgan fingerprint density at radius 1 is 1.09 bits per heavy atom. The van der Waals surface area contributed by atoms with E-state index in [1.54, 1.807) is 7.11 Å². The molecule has 1 aliphatic heterocycles. The van der Waals surface area contributed by atoms with Gasteiger partial charge in [0.15, 0.2) is 0 Å². The first kappa shape index (κ1) is 22.4. The first-order chi connectivity index (χ1) is 16.6. The third kappa shape index (κ3) is 4.50. The molecule has 2 heterocycles. The van der Waals surface area contributed by atoms with Gasteiger partial charge in [-0.05, 0) is 80.1 Å². The molecule has 0 spiro atoms. The number of rotatable bonds is 6. The fourth-order valence-corrected chi connectivity index (χ4v) is 5.17. The third-order valence-corrected chi connectivity index (χ3v) is 6.96. The predicted molar refractivity (Wildman–Crippen MR) is 132 cm³/mol. The summed E-state index contributed by atoms with van der Waals surface area (Å²) >= 11 is 0. The minimum atomic E-state index is -0.212. The number of hydrogen-bond acceptors (Lipinski definition) is 4. The molecule has 5 rings (SSSR count). The van der Waals surface area contributed by atoms with E-state index < -0.39 is 0 Å². The number of nitrogens with one attached hydrogen (secondary N) is 2. The van der Waals surface area contributed by atoms with Crippen molar-refractivity contribution in [3.05, 3.63) is 71.4 Å². The van der Waals surface area contributed by atoms with E-state index in [-0.39, 0.29) is 24.2 Å². The highest BCUT2D eigenvalue weighted by molar-refractivity contribution is 5.96. The molecule has 176 valence electrons. The van der Waals surface area contributed by atoms with Gasteiger partial charge in [0.05, 0.1) is 18.7 Å². The standard InChI is InChI=1S/C28H31N3O3/c1-34-24-13-10-22(11-14-24)31-23(12-15-26(32)30-28(33)21-6-4-16-29-18-21)17-20-9-8-19-5-2-3-7-25(19)27(20)31/h2-3,5,7,10-11,13-14,17,21,29H,4,6,8-9,12,15-16,18H2,1H3,(H,30,32,33). The minimum absolute atomic E-state index is 0.121. The van der Waals surface area contributed by atoms with Crippen LogP contribution in [0.25, 0.3) is 16.9 Å². The first-order valence-corrected chi connectivity index (χ1v) is 12.1. The Hall–Kier alpha value is -3.38. The van der Waals surface area contributed by atoms with E-state index in [9.17, 15) is 9.59 Å². The fourth-order valence-electron chi connectivity index (χ4n) is 5.17. The van der Waals surface area contributed by atoms with Crippen LogP contribution in [-0.4, -0.2) is 36.6 Å². The van der Waals surface area contributed by atoms with Crippen molar-refractivity contribution in [2.24, 2.45) is 5.92 Å². The van der Waals surface area contributed by atoms with E-state index in [2.05, 4.69) is 57.7 Å². The van der Waals surface area contributed by atoms with Crippen molar-refractivity contribution in [2.75, 3.05) is 20.2 Å². The van der Waals surface area contributed by atoms with Gasteiger partial charge in [-0.2, -0.15) is 0 Å². The number of ether oxygens (including phenoxy) is 1. The van der Waals surface area contributed by atoms with Gasteiger partial charge in [-0.3, -0.25) is 14.9 Å². The SMILES string of the molecule is COc1ccc(-n2c(CCC(=O)NC(=O)C3CCCNC3)cc3c2-c2ccccc2CC3)cc1. The van der Waals surface area contributed by atoms with Crippen molar-refractivity contribution >= 4 is 11.8 Å². The number of carbonyl (C=O) groups is 2. The van der Waals surface area contributed by atoms with Crippen LogP contribution in [0.2, 0.25) is 0 Å². The lowest BCUT2D eigenvalue weighted by atomic mass is 9.90. The van der Waals surface area contributed by atoms with Crippen LogP contribution in [0.5, 0.6) is 5.75 Å². The van der Waals surface area contributed by atoms with Crippen LogP contribution in [-0.2, 0) is 28.9 Å². The first-order valence-electron chi connectivity index (χ1n) is 12.1. The molecule has 0 radical (unpaired) electrons. The van der Waals surface area contributed by atoms with Crippen LogP contribution in [0.3, 0.4) is 0 Å². The lowest BCUT2D eigenvalue weighted by Crippen LogP contribution is -2.42. The summed E-state index contributed by atoms with van der Waals surface area (Å²) < 4.78 is 7.62. The van der Waals surface area contributed by atoms with Gasteiger partial charge in [-0.25, -0.2) is 0 Å². The molecule has 2 aromatic carbocycles. The van der Waals surface area contributed by atoms with Gasteiger partial charge >= 0.3 is 0 Å². The highest BCUT2D eigenvalue weighted by Crippen LogP contribution is 2.38. The molecule has 2 amide bonds. The van der Waals surface area contributed by atoms with Crippen molar-refractivity contribution in [1.82, 2.24) is 15.2 Å². The number of aromatic nitrogens is 1. The number of aryl methyl sites for hydroxylation is 3. The number of nitrogens with zero attached hydrogens (tertiary/aromatic N) is 1. The molecule has 6 nitrogen and oxygen atoms in total. The van der Waals surface area contributed by atoms with Crippen LogP contribution in [0.15, 0.2) is 54.6 Å². The zero-order valence-corrected chi connectivity index (χ0v) is 19.6. The van der Waals surface area contributed by atoms with Crippen LogP contribution >= 0.6 is 0 Å². The molecule has 1 unspecified atom stereocenters. The molecule has 1 saturated heterocycles. The van der Waals surface area contributed by atoms with Gasteiger partial charge < -0.3 is 14.6 Å². The van der Waals surface area contributed by atoms with Gasteiger partial charge in [0.25, 0.3) is 0 Å². The lowest BCUT2D eigenvalue weighted by molar-refractivity contribution is -0.133. The number of piperidine rings is 1. The van der Waals surface area contributed by atoms with Crippen LogP contribution in [0, 0.1) is 5.92 Å². The minimum Gasteiger partial charge on any atom is -0.497 e. The van der Waals surface area contributed by atoms with Gasteiger partial charge in [-0.1, -0.05) is 24.3 Å². The van der Waals surface area contributed by atoms with Gasteiger partial charge in [-0.15, -0.1) is 0 Å². The molecule has 3 aromatic rings. The summed E-state index contributed by atoms with van der Waals surface area (Å²) in [4.78, 5) is 25.1. The zero-order chi connectivity index (χ0) is 23.5. The molecule has 2 N–H and O–H groups in total. The van der Waals surface area contributed by atoms with Crippen LogP contribution in [0.1, 0.15) is 36.1 Å². The number of fused-ring (bicyclic) bond motifs is 3. The summed E-state index contributed by atoms with van der Waals surface area (Å²) in [6.45, 7) is 1.58. The Labute approximate surface area is 200 Å². The van der Waals surface area contributed by atoms with Gasteiger partial charge in [0.1, 0.15) is 5.75 Å². The number of amides is 2. The Kier molecular flexibility index (Phi) is 6.50. The number of imide groups is 1. The molecule has 1 atom stereocenters. The molecule has 1 fully saturated rings. The molecular weight excluding hydrogens is 426 g/mol. The summed E-state index contributed by atoms with van der Waals surface area (Å²) in [7, 11) is 1.66. The monoisotopic (exact) mass is 457 g/mol. The van der Waals surface area contributed by atoms with Crippen molar-refractivity contribution in [2.45, 2.75) is 38.5 Å². The normalized spacial score (nSPS) is 16.9. The maximum atomic E-state index is 12.7. The van der Waals surface area contributed by atoms with Crippen LogP contribution in [0.4, 0.5) is 0 Å². The topological polar surface area (TPSA) is 72.4 Å². The maximum absolute atomic E-state index is 12.7. The fraction of sp³-hybridized carbons (Fsp3) is 0.357. The Balaban J connectivity index is 1.41. The average Bonchev–Trinajstić information content (AvgIpc) is 3.27. The van der Waals surface area contributed by atoms with E-state index in [1.165, 1.54) is 22.4 Å². The molecule has 1 aromatic heterocycles. The molecule has 0 saturated carbocycles. The Morgan fingerprint density at radius 2 is 1.88 bits per heavy atom. The molecular formula is C28H31N3O3. The smallest absolute Gasteiger partial charge is 0.230 e. The third-order valence-electron chi connectivity index (χ3n) is 6.96. The van der Waals surface area contributed by atoms with Gasteiger partial charge in [0.2, 0.25) is 11.8 Å². The number of hydrogen-bond donors (Lipinski definition) is 2. The average molecular weight is 458 g/mol. The Bertz CT molecular complexity index is 1190. The van der Waals surface area contributed by atoms with Gasteiger partial charge in [0, 0.05) is 29.9 Å². The van der Waals surface area contributed by atoms with E-state index in [1.807, 2.05) is 12.1 Å². The Morgan fingerprint density at radius 3 is 2.65 bits per heavy atom. The van der Waals surface area contributed by atoms with Crippen molar-refractivity contribution in [1.29, 1.82) is 0 Å². The molecule has 2 aliphatic rings. The van der Waals surface area contributed by atoms with Crippen molar-refractivity contribution in [3.63, 3.8) is 0 Å². The number of benzene rings is 2. The summed E-state index contributed by atoms with van der Waals surface area (Å²) in [6.07, 6.45) is 4.62. The van der Waals surface area contributed by atoms with E-state index >= 15 is 0 Å². The summed E-state index contributed by atoms with van der Waals surface area (Å²) in [5.41, 5.74) is 7.21. The second-order valence-corrected chi connectivity index (χ2v) is 9.16. The highest BCUT2D eigenvalue weighted by Gasteiger charge is 2.25. The molecule has 6 heteroatoms. The largest absolute Gasteiger partial charge is 0.497 e. The second-order valence-electron chi connectivity index (χ2n) is 9.16. The summed E-state index contributed by atoms with van der Waals surface area (Å²) in [6, 6.07) is 18.8. The maximum Gasteiger partial charge on any atom is 0.230 e. The number of methoxy groups -OCH3 is 1. The summed E-state index contributed by atoms with van der Waals surface area (Å²) in [5.74, 6) is 0.318. The highest BCUT2D eigenvalue weighted by atomic mass is 16.5. The number of carbonyl (C=O) groups excluding carboxylic acids is 2. The molecule has 1 aliphatic carbocycles. The quantitative estimate of drug-likeness (QED) is 0.590. The lowest BCUT2D eigenvalue weighted by Gasteiger charge is -2.21. The van der Waals surface area contributed by atoms with Crippen LogP contribution < -0.4 is 15.4 Å². The van der Waals surface area contributed by atoms with E-state index in [4.69, 9.17) is 4.74 Å². The molecule has 34 heavy (non-hydrogen) atoms.